The fourth-order valence-electron chi connectivity index (χ4n) is 2.02. The summed E-state index contributed by atoms with van der Waals surface area (Å²) in [7, 11) is 1.63. The van der Waals surface area contributed by atoms with Crippen molar-refractivity contribution in [3.05, 3.63) is 29.8 Å². The van der Waals surface area contributed by atoms with Crippen molar-refractivity contribution in [2.24, 2.45) is 5.41 Å². The van der Waals surface area contributed by atoms with E-state index in [1.54, 1.807) is 7.11 Å². The molecule has 0 unspecified atom stereocenters. The number of benzene rings is 1. The van der Waals surface area contributed by atoms with Crippen LogP contribution in [0, 0.1) is 5.41 Å². The van der Waals surface area contributed by atoms with Gasteiger partial charge in [-0.2, -0.15) is 0 Å². The minimum Gasteiger partial charge on any atom is -0.497 e. The summed E-state index contributed by atoms with van der Waals surface area (Å²) in [5, 5.41) is 2.86. The maximum absolute atomic E-state index is 11.3. The maximum Gasteiger partial charge on any atom is 0.407 e. The molecule has 0 saturated carbocycles. The van der Waals surface area contributed by atoms with Crippen molar-refractivity contribution in [2.45, 2.75) is 19.9 Å². The van der Waals surface area contributed by atoms with E-state index >= 15 is 0 Å². The normalized spacial score (nSPS) is 22.5. The van der Waals surface area contributed by atoms with E-state index in [4.69, 9.17) is 9.47 Å². The average molecular weight is 235 g/mol. The van der Waals surface area contributed by atoms with Crippen LogP contribution in [0.3, 0.4) is 0 Å². The second-order valence-corrected chi connectivity index (χ2v) is 4.92. The molecule has 0 aromatic heterocycles. The number of cyclic esters (lactones) is 1. The summed E-state index contributed by atoms with van der Waals surface area (Å²) in [5.74, 6) is 0.810. The lowest BCUT2D eigenvalue weighted by Crippen LogP contribution is -2.46. The Labute approximate surface area is 101 Å². The van der Waals surface area contributed by atoms with Crippen LogP contribution >= 0.6 is 0 Å². The molecule has 0 aliphatic carbocycles. The van der Waals surface area contributed by atoms with Crippen LogP contribution in [-0.4, -0.2) is 19.8 Å². The van der Waals surface area contributed by atoms with Gasteiger partial charge in [-0.05, 0) is 17.7 Å². The highest BCUT2D eigenvalue weighted by atomic mass is 16.6. The maximum atomic E-state index is 11.3. The highest BCUT2D eigenvalue weighted by Gasteiger charge is 2.37. The summed E-state index contributed by atoms with van der Waals surface area (Å²) in [6.45, 7) is 4.57. The molecule has 2 rings (SSSR count). The molecule has 1 saturated heterocycles. The van der Waals surface area contributed by atoms with Gasteiger partial charge in [-0.1, -0.05) is 26.0 Å². The summed E-state index contributed by atoms with van der Waals surface area (Å²) < 4.78 is 10.1. The molecule has 1 aromatic carbocycles. The van der Waals surface area contributed by atoms with Crippen LogP contribution in [0.4, 0.5) is 4.79 Å². The van der Waals surface area contributed by atoms with Gasteiger partial charge in [0, 0.05) is 5.41 Å². The molecule has 4 nitrogen and oxygen atoms in total. The average Bonchev–Trinajstić information content (AvgIpc) is 2.33. The van der Waals surface area contributed by atoms with Crippen LogP contribution in [0.5, 0.6) is 5.75 Å². The molecule has 1 N–H and O–H groups in total. The second kappa shape index (κ2) is 4.28. The summed E-state index contributed by atoms with van der Waals surface area (Å²) in [4.78, 5) is 11.3. The number of ether oxygens (including phenoxy) is 2. The Kier molecular flexibility index (Phi) is 2.96. The van der Waals surface area contributed by atoms with Gasteiger partial charge in [-0.15, -0.1) is 0 Å². The van der Waals surface area contributed by atoms with Gasteiger partial charge in [0.1, 0.15) is 12.4 Å². The minimum absolute atomic E-state index is 0.0327. The summed E-state index contributed by atoms with van der Waals surface area (Å²) in [6.07, 6.45) is -0.356. The first-order chi connectivity index (χ1) is 8.03. The van der Waals surface area contributed by atoms with Crippen LogP contribution in [0.25, 0.3) is 0 Å². The molecule has 0 spiro atoms. The van der Waals surface area contributed by atoms with E-state index in [1.807, 2.05) is 24.3 Å². The number of methoxy groups -OCH3 is 1. The van der Waals surface area contributed by atoms with E-state index in [0.717, 1.165) is 11.3 Å². The van der Waals surface area contributed by atoms with Gasteiger partial charge in [0.2, 0.25) is 0 Å². The van der Waals surface area contributed by atoms with E-state index in [-0.39, 0.29) is 17.6 Å². The lowest BCUT2D eigenvalue weighted by atomic mass is 9.80. The van der Waals surface area contributed by atoms with Crippen LogP contribution < -0.4 is 10.1 Å². The molecule has 17 heavy (non-hydrogen) atoms. The SMILES string of the molecule is COc1ccc([C@@H]2NC(=O)OCC2(C)C)cc1. The number of carbonyl (C=O) groups excluding carboxylic acids is 1. The Morgan fingerprint density at radius 2 is 2.00 bits per heavy atom. The molecule has 0 radical (unpaired) electrons. The number of rotatable bonds is 2. The van der Waals surface area contributed by atoms with Crippen LogP contribution in [0.2, 0.25) is 0 Å². The first-order valence-electron chi connectivity index (χ1n) is 5.60. The molecular formula is C13H17NO3. The van der Waals surface area contributed by atoms with Crippen molar-refractivity contribution < 1.29 is 14.3 Å². The third-order valence-corrected chi connectivity index (χ3v) is 3.07. The number of hydrogen-bond donors (Lipinski definition) is 1. The largest absolute Gasteiger partial charge is 0.497 e. The molecule has 1 aliphatic heterocycles. The Morgan fingerprint density at radius 1 is 1.35 bits per heavy atom. The fourth-order valence-corrected chi connectivity index (χ4v) is 2.02. The third-order valence-electron chi connectivity index (χ3n) is 3.07. The zero-order chi connectivity index (χ0) is 12.5. The predicted octanol–water partition coefficient (Wildman–Crippen LogP) is 2.50. The van der Waals surface area contributed by atoms with Crippen molar-refractivity contribution in [1.82, 2.24) is 5.32 Å². The quantitative estimate of drug-likeness (QED) is 0.856. The Bertz CT molecular complexity index is 411. The summed E-state index contributed by atoms with van der Waals surface area (Å²) in [5.41, 5.74) is 0.940. The molecule has 0 bridgehead atoms. The Balaban J connectivity index is 2.26. The van der Waals surface area contributed by atoms with Gasteiger partial charge >= 0.3 is 6.09 Å². The van der Waals surface area contributed by atoms with Crippen molar-refractivity contribution in [3.8, 4) is 5.75 Å². The van der Waals surface area contributed by atoms with Crippen molar-refractivity contribution in [3.63, 3.8) is 0 Å². The van der Waals surface area contributed by atoms with E-state index in [9.17, 15) is 4.79 Å². The molecule has 1 aromatic rings. The van der Waals surface area contributed by atoms with Crippen LogP contribution in [0.1, 0.15) is 25.5 Å². The number of hydrogen-bond acceptors (Lipinski definition) is 3. The van der Waals surface area contributed by atoms with E-state index in [2.05, 4.69) is 19.2 Å². The number of carbonyl (C=O) groups is 1. The standard InChI is InChI=1S/C13H17NO3/c1-13(2)8-17-12(15)14-11(13)9-4-6-10(16-3)7-5-9/h4-7,11H,8H2,1-3H3,(H,14,15)/t11-/m0/s1. The summed E-state index contributed by atoms with van der Waals surface area (Å²) >= 11 is 0. The molecule has 1 amide bonds. The number of amides is 1. The van der Waals surface area contributed by atoms with Crippen LogP contribution in [-0.2, 0) is 4.74 Å². The molecule has 4 heteroatoms. The topological polar surface area (TPSA) is 47.6 Å². The number of nitrogens with one attached hydrogen (secondary N) is 1. The Morgan fingerprint density at radius 3 is 2.59 bits per heavy atom. The highest BCUT2D eigenvalue weighted by Crippen LogP contribution is 2.36. The number of alkyl carbamates (subject to hydrolysis) is 1. The molecule has 1 fully saturated rings. The van der Waals surface area contributed by atoms with Gasteiger partial charge < -0.3 is 14.8 Å². The molecule has 92 valence electrons. The van der Waals surface area contributed by atoms with Crippen molar-refractivity contribution in [2.75, 3.05) is 13.7 Å². The fraction of sp³-hybridized carbons (Fsp3) is 0.462. The first kappa shape index (κ1) is 11.8. The van der Waals surface area contributed by atoms with Gasteiger partial charge in [-0.3, -0.25) is 0 Å². The zero-order valence-corrected chi connectivity index (χ0v) is 10.3. The second-order valence-electron chi connectivity index (χ2n) is 4.92. The lowest BCUT2D eigenvalue weighted by Gasteiger charge is -2.38. The van der Waals surface area contributed by atoms with Gasteiger partial charge in [0.15, 0.2) is 0 Å². The Hall–Kier alpha value is -1.71. The first-order valence-corrected chi connectivity index (χ1v) is 5.60. The van der Waals surface area contributed by atoms with Gasteiger partial charge in [0.25, 0.3) is 0 Å². The van der Waals surface area contributed by atoms with E-state index in [0.29, 0.717) is 6.61 Å². The molecule has 1 atom stereocenters. The van der Waals surface area contributed by atoms with Gasteiger partial charge in [0.05, 0.1) is 13.2 Å². The highest BCUT2D eigenvalue weighted by molar-refractivity contribution is 5.69. The van der Waals surface area contributed by atoms with Crippen molar-refractivity contribution in [1.29, 1.82) is 0 Å². The van der Waals surface area contributed by atoms with Crippen molar-refractivity contribution >= 4 is 6.09 Å². The molecule has 1 aliphatic rings. The predicted molar refractivity (Wildman–Crippen MR) is 64.0 cm³/mol. The third kappa shape index (κ3) is 2.35. The monoisotopic (exact) mass is 235 g/mol. The molecule has 1 heterocycles. The smallest absolute Gasteiger partial charge is 0.407 e. The van der Waals surface area contributed by atoms with Crippen LogP contribution in [0.15, 0.2) is 24.3 Å². The minimum atomic E-state index is -0.356. The zero-order valence-electron chi connectivity index (χ0n) is 10.3. The lowest BCUT2D eigenvalue weighted by molar-refractivity contribution is 0.0387. The van der Waals surface area contributed by atoms with E-state index in [1.165, 1.54) is 0 Å². The molecular weight excluding hydrogens is 218 g/mol. The van der Waals surface area contributed by atoms with Gasteiger partial charge in [-0.25, -0.2) is 4.79 Å². The van der Waals surface area contributed by atoms with E-state index < -0.39 is 0 Å². The summed E-state index contributed by atoms with van der Waals surface area (Å²) in [6, 6.07) is 7.70.